The topological polar surface area (TPSA) is 29.5 Å². The van der Waals surface area contributed by atoms with Crippen LogP contribution in [0.25, 0.3) is 0 Å². The zero-order valence-corrected chi connectivity index (χ0v) is 7.84. The highest BCUT2D eigenvalue weighted by Gasteiger charge is 2.13. The third kappa shape index (κ3) is 5.22. The average molecular weight is 160 g/mol. The summed E-state index contributed by atoms with van der Waals surface area (Å²) in [7, 11) is 0. The lowest BCUT2D eigenvalue weighted by Gasteiger charge is -2.19. The third-order valence-corrected chi connectivity index (χ3v) is 1.76. The van der Waals surface area contributed by atoms with Gasteiger partial charge in [0.1, 0.15) is 0 Å². The summed E-state index contributed by atoms with van der Waals surface area (Å²) in [5.74, 6) is 0. The van der Waals surface area contributed by atoms with Crippen LogP contribution in [0.5, 0.6) is 0 Å². The van der Waals surface area contributed by atoms with Crippen LogP contribution in [0.1, 0.15) is 40.0 Å². The molecule has 2 unspecified atom stereocenters. The Morgan fingerprint density at radius 3 is 2.36 bits per heavy atom. The first-order chi connectivity index (χ1) is 5.22. The molecule has 0 aromatic carbocycles. The molecule has 0 spiro atoms. The number of hydrogen-bond donors (Lipinski definition) is 1. The van der Waals surface area contributed by atoms with E-state index in [0.29, 0.717) is 6.61 Å². The van der Waals surface area contributed by atoms with Gasteiger partial charge in [-0.25, -0.2) is 0 Å². The van der Waals surface area contributed by atoms with Gasteiger partial charge in [-0.3, -0.25) is 0 Å². The number of rotatable bonds is 6. The van der Waals surface area contributed by atoms with Crippen LogP contribution >= 0.6 is 0 Å². The van der Waals surface area contributed by atoms with Crippen molar-refractivity contribution in [3.05, 3.63) is 0 Å². The Kier molecular flexibility index (Phi) is 6.57. The average Bonchev–Trinajstić information content (AvgIpc) is 1.97. The number of aliphatic hydroxyl groups excluding tert-OH is 1. The summed E-state index contributed by atoms with van der Waals surface area (Å²) in [6, 6.07) is 0. The lowest BCUT2D eigenvalue weighted by Crippen LogP contribution is -2.26. The Balaban J connectivity index is 3.51. The fraction of sp³-hybridized carbons (Fsp3) is 1.00. The van der Waals surface area contributed by atoms with Crippen LogP contribution in [-0.4, -0.2) is 23.9 Å². The third-order valence-electron chi connectivity index (χ3n) is 1.76. The van der Waals surface area contributed by atoms with E-state index in [1.54, 1.807) is 6.92 Å². The smallest absolute Gasteiger partial charge is 0.0831 e. The Labute approximate surface area is 69.6 Å². The van der Waals surface area contributed by atoms with E-state index in [1.807, 2.05) is 6.92 Å². The first kappa shape index (κ1) is 10.9. The summed E-state index contributed by atoms with van der Waals surface area (Å²) >= 11 is 0. The molecular weight excluding hydrogens is 140 g/mol. The standard InChI is InChI=1S/C9H20O2/c1-4-6-7-9(8(3)10)11-5-2/h8-10H,4-7H2,1-3H3. The largest absolute Gasteiger partial charge is 0.391 e. The van der Waals surface area contributed by atoms with E-state index in [1.165, 1.54) is 0 Å². The van der Waals surface area contributed by atoms with Crippen LogP contribution in [0.4, 0.5) is 0 Å². The predicted octanol–water partition coefficient (Wildman–Crippen LogP) is 1.96. The highest BCUT2D eigenvalue weighted by atomic mass is 16.5. The van der Waals surface area contributed by atoms with Crippen molar-refractivity contribution in [2.75, 3.05) is 6.61 Å². The van der Waals surface area contributed by atoms with E-state index < -0.39 is 0 Å². The molecule has 0 radical (unpaired) electrons. The molecule has 0 saturated heterocycles. The fourth-order valence-corrected chi connectivity index (χ4v) is 1.08. The van der Waals surface area contributed by atoms with Crippen molar-refractivity contribution >= 4 is 0 Å². The normalized spacial score (nSPS) is 16.4. The van der Waals surface area contributed by atoms with Gasteiger partial charge in [0.15, 0.2) is 0 Å². The summed E-state index contributed by atoms with van der Waals surface area (Å²) < 4.78 is 5.36. The van der Waals surface area contributed by atoms with Crippen LogP contribution in [0.2, 0.25) is 0 Å². The highest BCUT2D eigenvalue weighted by Crippen LogP contribution is 2.08. The van der Waals surface area contributed by atoms with Crippen molar-refractivity contribution in [3.8, 4) is 0 Å². The Morgan fingerprint density at radius 1 is 1.36 bits per heavy atom. The predicted molar refractivity (Wildman–Crippen MR) is 46.6 cm³/mol. The molecule has 68 valence electrons. The van der Waals surface area contributed by atoms with E-state index in [-0.39, 0.29) is 12.2 Å². The van der Waals surface area contributed by atoms with Gasteiger partial charge in [0, 0.05) is 6.61 Å². The van der Waals surface area contributed by atoms with Gasteiger partial charge in [-0.05, 0) is 20.3 Å². The maximum Gasteiger partial charge on any atom is 0.0831 e. The van der Waals surface area contributed by atoms with E-state index in [4.69, 9.17) is 4.74 Å². The molecule has 0 heterocycles. The minimum absolute atomic E-state index is 0.0416. The van der Waals surface area contributed by atoms with Gasteiger partial charge in [0.25, 0.3) is 0 Å². The van der Waals surface area contributed by atoms with Crippen molar-refractivity contribution in [1.82, 2.24) is 0 Å². The molecular formula is C9H20O2. The molecule has 0 aliphatic carbocycles. The van der Waals surface area contributed by atoms with Crippen molar-refractivity contribution < 1.29 is 9.84 Å². The minimum Gasteiger partial charge on any atom is -0.391 e. The van der Waals surface area contributed by atoms with Crippen LogP contribution < -0.4 is 0 Å². The highest BCUT2D eigenvalue weighted by molar-refractivity contribution is 4.63. The summed E-state index contributed by atoms with van der Waals surface area (Å²) in [6.07, 6.45) is 2.98. The number of ether oxygens (including phenoxy) is 1. The fourth-order valence-electron chi connectivity index (χ4n) is 1.08. The second kappa shape index (κ2) is 6.62. The molecule has 0 aliphatic heterocycles. The molecule has 2 nitrogen and oxygen atoms in total. The summed E-state index contributed by atoms with van der Waals surface area (Å²) in [6.45, 7) is 6.58. The number of hydrogen-bond acceptors (Lipinski definition) is 2. The van der Waals surface area contributed by atoms with E-state index in [2.05, 4.69) is 6.92 Å². The molecule has 0 saturated carbocycles. The first-order valence-corrected chi connectivity index (χ1v) is 4.52. The van der Waals surface area contributed by atoms with E-state index >= 15 is 0 Å². The molecule has 0 aliphatic rings. The minimum atomic E-state index is -0.332. The molecule has 2 heteroatoms. The van der Waals surface area contributed by atoms with Gasteiger partial charge in [0.05, 0.1) is 12.2 Å². The van der Waals surface area contributed by atoms with Crippen molar-refractivity contribution in [1.29, 1.82) is 0 Å². The summed E-state index contributed by atoms with van der Waals surface area (Å²) in [5, 5.41) is 9.24. The Bertz CT molecular complexity index is 81.6. The molecule has 0 rings (SSSR count). The van der Waals surface area contributed by atoms with Crippen molar-refractivity contribution in [2.24, 2.45) is 0 Å². The van der Waals surface area contributed by atoms with Gasteiger partial charge in [-0.2, -0.15) is 0 Å². The second-order valence-corrected chi connectivity index (χ2v) is 2.88. The SMILES string of the molecule is CCCCC(OCC)C(C)O. The Morgan fingerprint density at radius 2 is 2.00 bits per heavy atom. The monoisotopic (exact) mass is 160 g/mol. The quantitative estimate of drug-likeness (QED) is 0.643. The maximum absolute atomic E-state index is 9.24. The Hall–Kier alpha value is -0.0800. The molecule has 0 aromatic heterocycles. The zero-order valence-electron chi connectivity index (χ0n) is 7.84. The molecule has 2 atom stereocenters. The summed E-state index contributed by atoms with van der Waals surface area (Å²) in [5.41, 5.74) is 0. The maximum atomic E-state index is 9.24. The van der Waals surface area contributed by atoms with E-state index in [9.17, 15) is 5.11 Å². The van der Waals surface area contributed by atoms with Crippen LogP contribution in [0.15, 0.2) is 0 Å². The second-order valence-electron chi connectivity index (χ2n) is 2.88. The zero-order chi connectivity index (χ0) is 8.69. The lowest BCUT2D eigenvalue weighted by molar-refractivity contribution is -0.0292. The van der Waals surface area contributed by atoms with E-state index in [0.717, 1.165) is 19.3 Å². The van der Waals surface area contributed by atoms with Crippen LogP contribution in [-0.2, 0) is 4.74 Å². The first-order valence-electron chi connectivity index (χ1n) is 4.52. The number of aliphatic hydroxyl groups is 1. The molecule has 0 bridgehead atoms. The molecule has 1 N–H and O–H groups in total. The van der Waals surface area contributed by atoms with Crippen molar-refractivity contribution in [3.63, 3.8) is 0 Å². The van der Waals surface area contributed by atoms with Crippen LogP contribution in [0, 0.1) is 0 Å². The number of unbranched alkanes of at least 4 members (excludes halogenated alkanes) is 1. The molecule has 0 aromatic rings. The molecule has 0 amide bonds. The molecule has 0 fully saturated rings. The van der Waals surface area contributed by atoms with Gasteiger partial charge in [0.2, 0.25) is 0 Å². The van der Waals surface area contributed by atoms with Gasteiger partial charge in [-0.15, -0.1) is 0 Å². The van der Waals surface area contributed by atoms with Gasteiger partial charge in [-0.1, -0.05) is 19.8 Å². The lowest BCUT2D eigenvalue weighted by atomic mass is 10.1. The van der Waals surface area contributed by atoms with Crippen LogP contribution in [0.3, 0.4) is 0 Å². The van der Waals surface area contributed by atoms with Gasteiger partial charge < -0.3 is 9.84 Å². The van der Waals surface area contributed by atoms with Crippen molar-refractivity contribution in [2.45, 2.75) is 52.2 Å². The molecule has 11 heavy (non-hydrogen) atoms. The van der Waals surface area contributed by atoms with Gasteiger partial charge >= 0.3 is 0 Å². The summed E-state index contributed by atoms with van der Waals surface area (Å²) in [4.78, 5) is 0.